The fourth-order valence-corrected chi connectivity index (χ4v) is 2.85. The van der Waals surface area contributed by atoms with Gasteiger partial charge in [0.1, 0.15) is 6.10 Å². The summed E-state index contributed by atoms with van der Waals surface area (Å²) in [5, 5.41) is 20.0. The first-order chi connectivity index (χ1) is 10.0. The summed E-state index contributed by atoms with van der Waals surface area (Å²) in [4.78, 5) is 21.4. The van der Waals surface area contributed by atoms with Crippen molar-refractivity contribution in [2.24, 2.45) is 5.92 Å². The second-order valence-corrected chi connectivity index (χ2v) is 5.35. The number of carboxylic acid groups (broad SMARTS) is 1. The molecule has 0 spiro atoms. The molecule has 1 aliphatic carbocycles. The maximum absolute atomic E-state index is 11.1. The highest BCUT2D eigenvalue weighted by molar-refractivity contribution is 5.88. The minimum absolute atomic E-state index is 0.0295. The van der Waals surface area contributed by atoms with Gasteiger partial charge in [-0.15, -0.1) is 0 Å². The Hall–Kier alpha value is -2.11. The molecule has 6 nitrogen and oxygen atoms in total. The van der Waals surface area contributed by atoms with Gasteiger partial charge in [-0.1, -0.05) is 13.3 Å². The van der Waals surface area contributed by atoms with Crippen molar-refractivity contribution in [1.82, 2.24) is 0 Å². The van der Waals surface area contributed by atoms with Crippen molar-refractivity contribution in [3.05, 3.63) is 33.9 Å². The summed E-state index contributed by atoms with van der Waals surface area (Å²) in [7, 11) is 0. The van der Waals surface area contributed by atoms with Crippen LogP contribution in [0.5, 0.6) is 5.75 Å². The molecule has 0 aliphatic heterocycles. The lowest BCUT2D eigenvalue weighted by atomic mass is 9.85. The highest BCUT2D eigenvalue weighted by Crippen LogP contribution is 2.34. The zero-order valence-corrected chi connectivity index (χ0v) is 11.9. The third-order valence-electron chi connectivity index (χ3n) is 4.04. The lowest BCUT2D eigenvalue weighted by molar-refractivity contribution is -0.386. The van der Waals surface area contributed by atoms with Gasteiger partial charge >= 0.3 is 11.7 Å². The number of aromatic carboxylic acids is 1. The standard InChI is InChI=1S/C15H19NO5/c1-2-10-5-3-4-6-13(10)21-14-8-7-11(15(17)18)9-12(14)16(19)20/h7-10,13H,2-6H2,1H3,(H,17,18). The molecule has 2 atom stereocenters. The highest BCUT2D eigenvalue weighted by Gasteiger charge is 2.28. The number of ether oxygens (including phenoxy) is 1. The molecule has 0 bridgehead atoms. The van der Waals surface area contributed by atoms with Gasteiger partial charge in [-0.3, -0.25) is 10.1 Å². The number of hydrogen-bond donors (Lipinski definition) is 1. The van der Waals surface area contributed by atoms with Gasteiger partial charge in [0.15, 0.2) is 5.75 Å². The predicted octanol–water partition coefficient (Wildman–Crippen LogP) is 3.64. The minimum atomic E-state index is -1.19. The van der Waals surface area contributed by atoms with Crippen LogP contribution in [-0.2, 0) is 0 Å². The molecular weight excluding hydrogens is 274 g/mol. The van der Waals surface area contributed by atoms with Crippen LogP contribution in [0.15, 0.2) is 18.2 Å². The Morgan fingerprint density at radius 3 is 2.76 bits per heavy atom. The van der Waals surface area contributed by atoms with E-state index in [1.165, 1.54) is 18.6 Å². The first-order valence-electron chi connectivity index (χ1n) is 7.21. The summed E-state index contributed by atoms with van der Waals surface area (Å²) in [6.45, 7) is 2.09. The first kappa shape index (κ1) is 15.3. The van der Waals surface area contributed by atoms with Crippen LogP contribution in [0.25, 0.3) is 0 Å². The summed E-state index contributed by atoms with van der Waals surface area (Å²) in [6.07, 6.45) is 5.13. The van der Waals surface area contributed by atoms with Crippen molar-refractivity contribution >= 4 is 11.7 Å². The van der Waals surface area contributed by atoms with E-state index in [1.54, 1.807) is 0 Å². The number of benzene rings is 1. The fraction of sp³-hybridized carbons (Fsp3) is 0.533. The average molecular weight is 293 g/mol. The van der Waals surface area contributed by atoms with E-state index in [0.29, 0.717) is 5.92 Å². The third kappa shape index (κ3) is 3.51. The summed E-state index contributed by atoms with van der Waals surface area (Å²) in [5.41, 5.74) is -0.389. The molecule has 1 N–H and O–H groups in total. The molecule has 114 valence electrons. The molecule has 0 amide bonds. The van der Waals surface area contributed by atoms with Crippen LogP contribution in [0.2, 0.25) is 0 Å². The highest BCUT2D eigenvalue weighted by atomic mass is 16.6. The Balaban J connectivity index is 2.26. The van der Waals surface area contributed by atoms with Crippen molar-refractivity contribution in [3.8, 4) is 5.75 Å². The van der Waals surface area contributed by atoms with Crippen LogP contribution in [0.3, 0.4) is 0 Å². The van der Waals surface area contributed by atoms with E-state index in [4.69, 9.17) is 9.84 Å². The summed E-state index contributed by atoms with van der Waals surface area (Å²) in [5.74, 6) is -0.624. The van der Waals surface area contributed by atoms with Gasteiger partial charge in [-0.05, 0) is 43.7 Å². The van der Waals surface area contributed by atoms with Crippen molar-refractivity contribution in [3.63, 3.8) is 0 Å². The Morgan fingerprint density at radius 1 is 1.43 bits per heavy atom. The van der Waals surface area contributed by atoms with Gasteiger partial charge < -0.3 is 9.84 Å². The van der Waals surface area contributed by atoms with Crippen LogP contribution in [0.4, 0.5) is 5.69 Å². The normalized spacial score (nSPS) is 21.8. The zero-order valence-electron chi connectivity index (χ0n) is 11.9. The Kier molecular flexibility index (Phi) is 4.77. The largest absolute Gasteiger partial charge is 0.483 e. The van der Waals surface area contributed by atoms with Crippen LogP contribution in [0.1, 0.15) is 49.4 Å². The molecule has 0 saturated heterocycles. The lowest BCUT2D eigenvalue weighted by Gasteiger charge is -2.31. The summed E-state index contributed by atoms with van der Waals surface area (Å²) in [6, 6.07) is 3.79. The molecule has 1 aromatic carbocycles. The van der Waals surface area contributed by atoms with Crippen LogP contribution >= 0.6 is 0 Å². The Morgan fingerprint density at radius 2 is 2.14 bits per heavy atom. The number of carboxylic acids is 1. The Bertz CT molecular complexity index is 543. The number of rotatable bonds is 5. The predicted molar refractivity (Wildman–Crippen MR) is 76.7 cm³/mol. The van der Waals surface area contributed by atoms with Crippen molar-refractivity contribution < 1.29 is 19.6 Å². The molecule has 1 aliphatic rings. The number of nitrogens with zero attached hydrogens (tertiary/aromatic N) is 1. The van der Waals surface area contributed by atoms with E-state index in [2.05, 4.69) is 6.92 Å². The van der Waals surface area contributed by atoms with Crippen LogP contribution < -0.4 is 4.74 Å². The smallest absolute Gasteiger partial charge is 0.335 e. The number of nitro benzene ring substituents is 1. The van der Waals surface area contributed by atoms with Crippen LogP contribution in [0, 0.1) is 16.0 Å². The molecule has 2 rings (SSSR count). The van der Waals surface area contributed by atoms with E-state index < -0.39 is 10.9 Å². The molecule has 0 heterocycles. The van der Waals surface area contributed by atoms with E-state index in [1.807, 2.05) is 0 Å². The fourth-order valence-electron chi connectivity index (χ4n) is 2.85. The lowest BCUT2D eigenvalue weighted by Crippen LogP contribution is -2.30. The van der Waals surface area contributed by atoms with Gasteiger partial charge in [-0.2, -0.15) is 0 Å². The third-order valence-corrected chi connectivity index (χ3v) is 4.04. The quantitative estimate of drug-likeness (QED) is 0.661. The van der Waals surface area contributed by atoms with Crippen molar-refractivity contribution in [1.29, 1.82) is 0 Å². The first-order valence-corrected chi connectivity index (χ1v) is 7.21. The Labute approximate surface area is 122 Å². The maximum atomic E-state index is 11.1. The molecule has 6 heteroatoms. The zero-order chi connectivity index (χ0) is 15.4. The number of hydrogen-bond acceptors (Lipinski definition) is 4. The number of carbonyl (C=O) groups is 1. The SMILES string of the molecule is CCC1CCCCC1Oc1ccc(C(=O)O)cc1[N+](=O)[O-]. The van der Waals surface area contributed by atoms with E-state index in [0.717, 1.165) is 31.7 Å². The van der Waals surface area contributed by atoms with Gasteiger partial charge in [0.05, 0.1) is 10.5 Å². The maximum Gasteiger partial charge on any atom is 0.335 e. The average Bonchev–Trinajstić information content (AvgIpc) is 2.47. The molecule has 0 aromatic heterocycles. The van der Waals surface area contributed by atoms with Gasteiger partial charge in [0.25, 0.3) is 0 Å². The van der Waals surface area contributed by atoms with Crippen LogP contribution in [-0.4, -0.2) is 22.1 Å². The summed E-state index contributed by atoms with van der Waals surface area (Å²) >= 11 is 0. The second kappa shape index (κ2) is 6.56. The van der Waals surface area contributed by atoms with E-state index >= 15 is 0 Å². The van der Waals surface area contributed by atoms with Gasteiger partial charge in [0, 0.05) is 6.07 Å². The summed E-state index contributed by atoms with van der Waals surface area (Å²) < 4.78 is 5.85. The van der Waals surface area contributed by atoms with E-state index in [9.17, 15) is 14.9 Å². The molecular formula is C15H19NO5. The van der Waals surface area contributed by atoms with E-state index in [-0.39, 0.29) is 23.1 Å². The molecule has 1 aromatic rings. The molecule has 1 fully saturated rings. The van der Waals surface area contributed by atoms with Gasteiger partial charge in [0.2, 0.25) is 0 Å². The molecule has 0 radical (unpaired) electrons. The topological polar surface area (TPSA) is 89.7 Å². The molecule has 21 heavy (non-hydrogen) atoms. The van der Waals surface area contributed by atoms with Crippen molar-refractivity contribution in [2.45, 2.75) is 45.1 Å². The number of nitro groups is 1. The monoisotopic (exact) mass is 293 g/mol. The van der Waals surface area contributed by atoms with Crippen molar-refractivity contribution in [2.75, 3.05) is 0 Å². The minimum Gasteiger partial charge on any atom is -0.483 e. The van der Waals surface area contributed by atoms with Gasteiger partial charge in [-0.25, -0.2) is 4.79 Å². The second-order valence-electron chi connectivity index (χ2n) is 5.35. The molecule has 2 unspecified atom stereocenters. The molecule has 1 saturated carbocycles.